The molecule has 0 aromatic heterocycles. The maximum absolute atomic E-state index is 13.3. The van der Waals surface area contributed by atoms with Gasteiger partial charge in [0.1, 0.15) is 6.54 Å². The lowest BCUT2D eigenvalue weighted by molar-refractivity contribution is -0.387. The number of esters is 1. The number of nitrogens with zero attached hydrogens (tertiary/aromatic N) is 2. The fourth-order valence-corrected chi connectivity index (χ4v) is 2.81. The van der Waals surface area contributed by atoms with E-state index in [4.69, 9.17) is 4.74 Å². The highest BCUT2D eigenvalue weighted by atomic mass is 32.2. The van der Waals surface area contributed by atoms with Crippen LogP contribution in [0.25, 0.3) is 0 Å². The number of nitro groups is 1. The van der Waals surface area contributed by atoms with Crippen molar-refractivity contribution in [3.8, 4) is 0 Å². The summed E-state index contributed by atoms with van der Waals surface area (Å²) in [6.07, 6.45) is -1.19. The molecule has 1 heterocycles. The van der Waals surface area contributed by atoms with E-state index in [0.717, 1.165) is 30.0 Å². The molecule has 0 unspecified atom stereocenters. The van der Waals surface area contributed by atoms with E-state index in [1.54, 1.807) is 0 Å². The zero-order valence-electron chi connectivity index (χ0n) is 13.1. The van der Waals surface area contributed by atoms with Crippen LogP contribution in [0.15, 0.2) is 18.2 Å². The molecule has 2 amide bonds. The highest BCUT2D eigenvalue weighted by Crippen LogP contribution is 2.22. The third-order valence-electron chi connectivity index (χ3n) is 3.25. The van der Waals surface area contributed by atoms with Crippen molar-refractivity contribution in [3.05, 3.63) is 34.1 Å². The van der Waals surface area contributed by atoms with Gasteiger partial charge >= 0.3 is 11.7 Å². The predicted octanol–water partition coefficient (Wildman–Crippen LogP) is 1.77. The lowest BCUT2D eigenvalue weighted by Crippen LogP contribution is -2.36. The minimum atomic E-state index is -1.19. The van der Waals surface area contributed by atoms with Crippen molar-refractivity contribution in [2.24, 2.45) is 0 Å². The largest absolute Gasteiger partial charge is 0.451 e. The molecule has 0 bridgehead atoms. The third-order valence-corrected chi connectivity index (χ3v) is 4.14. The number of carbonyl (C=O) groups is 3. The van der Waals surface area contributed by atoms with Crippen LogP contribution in [0.3, 0.4) is 0 Å². The summed E-state index contributed by atoms with van der Waals surface area (Å²) in [5, 5.41) is 12.8. The normalized spacial score (nSPS) is 15.0. The number of hydrogen-bond acceptors (Lipinski definition) is 7. The van der Waals surface area contributed by atoms with Gasteiger partial charge in [-0.1, -0.05) is 11.8 Å². The molecule has 2 rings (SSSR count). The summed E-state index contributed by atoms with van der Waals surface area (Å²) in [5.41, 5.74) is -0.792. The Labute approximate surface area is 145 Å². The van der Waals surface area contributed by atoms with Crippen molar-refractivity contribution in [2.45, 2.75) is 13.0 Å². The molecule has 1 aliphatic rings. The fraction of sp³-hybridized carbons (Fsp3) is 0.357. The lowest BCUT2D eigenvalue weighted by atomic mass is 10.2. The van der Waals surface area contributed by atoms with Crippen molar-refractivity contribution in [3.63, 3.8) is 0 Å². The SMILES string of the molecule is C[C@H](OC(=O)CN1CCSC1=O)C(=O)Nc1ccc(F)c([N+](=O)[O-])c1. The first kappa shape index (κ1) is 18.6. The van der Waals surface area contributed by atoms with E-state index in [2.05, 4.69) is 5.32 Å². The summed E-state index contributed by atoms with van der Waals surface area (Å²) < 4.78 is 18.2. The van der Waals surface area contributed by atoms with Gasteiger partial charge in [-0.2, -0.15) is 4.39 Å². The van der Waals surface area contributed by atoms with Crippen LogP contribution < -0.4 is 5.32 Å². The van der Waals surface area contributed by atoms with E-state index < -0.39 is 34.4 Å². The van der Waals surface area contributed by atoms with Crippen LogP contribution in [0.2, 0.25) is 0 Å². The molecule has 1 atom stereocenters. The molecule has 1 N–H and O–H groups in total. The molecule has 1 aromatic carbocycles. The molecule has 134 valence electrons. The molecule has 1 saturated heterocycles. The summed E-state index contributed by atoms with van der Waals surface area (Å²) >= 11 is 1.09. The van der Waals surface area contributed by atoms with E-state index in [-0.39, 0.29) is 17.5 Å². The number of nitrogens with one attached hydrogen (secondary N) is 1. The van der Waals surface area contributed by atoms with E-state index in [1.165, 1.54) is 11.8 Å². The maximum atomic E-state index is 13.3. The van der Waals surface area contributed by atoms with Gasteiger partial charge in [0.05, 0.1) is 4.92 Å². The summed E-state index contributed by atoms with van der Waals surface area (Å²) in [6, 6.07) is 2.86. The van der Waals surface area contributed by atoms with E-state index in [0.29, 0.717) is 12.3 Å². The van der Waals surface area contributed by atoms with Crippen LogP contribution >= 0.6 is 11.8 Å². The number of nitro benzene ring substituents is 1. The van der Waals surface area contributed by atoms with Crippen LogP contribution in [-0.2, 0) is 14.3 Å². The highest BCUT2D eigenvalue weighted by molar-refractivity contribution is 8.13. The Balaban J connectivity index is 1.91. The van der Waals surface area contributed by atoms with E-state index in [1.807, 2.05) is 0 Å². The Morgan fingerprint density at radius 2 is 2.24 bits per heavy atom. The van der Waals surface area contributed by atoms with Gasteiger partial charge < -0.3 is 15.0 Å². The number of carbonyl (C=O) groups excluding carboxylic acids is 3. The Morgan fingerprint density at radius 3 is 2.84 bits per heavy atom. The molecule has 0 saturated carbocycles. The van der Waals surface area contributed by atoms with Crippen LogP contribution in [-0.4, -0.2) is 51.9 Å². The number of hydrogen-bond donors (Lipinski definition) is 1. The van der Waals surface area contributed by atoms with Gasteiger partial charge in [0.2, 0.25) is 5.82 Å². The van der Waals surface area contributed by atoms with Gasteiger partial charge in [-0.05, 0) is 19.1 Å². The van der Waals surface area contributed by atoms with Crippen LogP contribution in [0, 0.1) is 15.9 Å². The first-order valence-corrected chi connectivity index (χ1v) is 8.12. The zero-order chi connectivity index (χ0) is 18.6. The van der Waals surface area contributed by atoms with Crippen LogP contribution in [0.4, 0.5) is 20.6 Å². The monoisotopic (exact) mass is 371 g/mol. The fourth-order valence-electron chi connectivity index (χ4n) is 1.99. The van der Waals surface area contributed by atoms with Gasteiger partial charge in [0.25, 0.3) is 11.1 Å². The van der Waals surface area contributed by atoms with E-state index >= 15 is 0 Å². The van der Waals surface area contributed by atoms with Crippen molar-refractivity contribution in [1.82, 2.24) is 4.90 Å². The Bertz CT molecular complexity index is 729. The summed E-state index contributed by atoms with van der Waals surface area (Å²) in [6.45, 7) is 1.48. The molecular weight excluding hydrogens is 357 g/mol. The molecule has 1 aliphatic heterocycles. The zero-order valence-corrected chi connectivity index (χ0v) is 13.9. The van der Waals surface area contributed by atoms with Crippen molar-refractivity contribution < 1.29 is 28.4 Å². The Hall–Kier alpha value is -2.69. The van der Waals surface area contributed by atoms with Crippen molar-refractivity contribution in [2.75, 3.05) is 24.2 Å². The molecule has 0 aliphatic carbocycles. The summed E-state index contributed by atoms with van der Waals surface area (Å²) in [4.78, 5) is 46.2. The Morgan fingerprint density at radius 1 is 1.52 bits per heavy atom. The van der Waals surface area contributed by atoms with Crippen LogP contribution in [0.1, 0.15) is 6.92 Å². The maximum Gasteiger partial charge on any atom is 0.326 e. The van der Waals surface area contributed by atoms with Gasteiger partial charge in [-0.25, -0.2) is 0 Å². The van der Waals surface area contributed by atoms with Gasteiger partial charge in [0.15, 0.2) is 6.10 Å². The molecule has 9 nitrogen and oxygen atoms in total. The molecule has 0 radical (unpaired) electrons. The third kappa shape index (κ3) is 4.89. The standard InChI is InChI=1S/C14H14FN3O6S/c1-8(24-12(19)7-17-4-5-25-14(17)21)13(20)16-9-2-3-10(15)11(6-9)18(22)23/h2-3,6,8H,4-5,7H2,1H3,(H,16,20)/t8-/m0/s1. The first-order chi connectivity index (χ1) is 11.8. The molecular formula is C14H14FN3O6S. The number of anilines is 1. The Kier molecular flexibility index (Phi) is 5.91. The smallest absolute Gasteiger partial charge is 0.326 e. The lowest BCUT2D eigenvalue weighted by Gasteiger charge is -2.17. The molecule has 25 heavy (non-hydrogen) atoms. The molecule has 1 fully saturated rings. The number of halogens is 1. The number of amides is 2. The highest BCUT2D eigenvalue weighted by Gasteiger charge is 2.26. The quantitative estimate of drug-likeness (QED) is 0.460. The average Bonchev–Trinajstić information content (AvgIpc) is 2.93. The molecule has 0 spiro atoms. The second kappa shape index (κ2) is 7.92. The predicted molar refractivity (Wildman–Crippen MR) is 86.7 cm³/mol. The van der Waals surface area contributed by atoms with Gasteiger partial charge in [-0.3, -0.25) is 24.5 Å². The van der Waals surface area contributed by atoms with Crippen LogP contribution in [0.5, 0.6) is 0 Å². The van der Waals surface area contributed by atoms with Gasteiger partial charge in [-0.15, -0.1) is 0 Å². The summed E-state index contributed by atoms with van der Waals surface area (Å²) in [7, 11) is 0. The summed E-state index contributed by atoms with van der Waals surface area (Å²) in [5.74, 6) is -1.93. The second-order valence-corrected chi connectivity index (χ2v) is 6.13. The second-order valence-electron chi connectivity index (χ2n) is 5.08. The number of benzene rings is 1. The molecule has 1 aromatic rings. The van der Waals surface area contributed by atoms with E-state index in [9.17, 15) is 28.9 Å². The van der Waals surface area contributed by atoms with Gasteiger partial charge in [0, 0.05) is 24.1 Å². The topological polar surface area (TPSA) is 119 Å². The van der Waals surface area contributed by atoms with Crippen molar-refractivity contribution in [1.29, 1.82) is 0 Å². The average molecular weight is 371 g/mol. The molecule has 11 heteroatoms. The number of rotatable bonds is 6. The minimum Gasteiger partial charge on any atom is -0.451 e. The minimum absolute atomic E-state index is 0.00730. The number of ether oxygens (including phenoxy) is 1. The van der Waals surface area contributed by atoms with Crippen molar-refractivity contribution >= 4 is 40.3 Å². The number of thioether (sulfide) groups is 1. The first-order valence-electron chi connectivity index (χ1n) is 7.14.